The highest BCUT2D eigenvalue weighted by atomic mass is 19.1. The molecular formula is C17H18FN3O. The third-order valence-corrected chi connectivity index (χ3v) is 4.08. The third-order valence-electron chi connectivity index (χ3n) is 4.08. The molecule has 1 N–H and O–H groups in total. The number of benzene rings is 1. The lowest BCUT2D eigenvalue weighted by molar-refractivity contribution is 0.565. The fraction of sp³-hybridized carbons (Fsp3) is 0.353. The van der Waals surface area contributed by atoms with Crippen LogP contribution < -0.4 is 5.32 Å². The highest BCUT2D eigenvalue weighted by Crippen LogP contribution is 2.36. The highest BCUT2D eigenvalue weighted by Gasteiger charge is 2.32. The maximum Gasteiger partial charge on any atom is 0.123 e. The molecular weight excluding hydrogens is 281 g/mol. The van der Waals surface area contributed by atoms with Crippen molar-refractivity contribution < 1.29 is 4.39 Å². The van der Waals surface area contributed by atoms with Crippen LogP contribution in [0.1, 0.15) is 36.4 Å². The molecule has 22 heavy (non-hydrogen) atoms. The van der Waals surface area contributed by atoms with E-state index in [1.165, 1.54) is 12.1 Å². The number of fused-ring (bicyclic) bond motifs is 1. The molecule has 2 aromatic rings. The first-order chi connectivity index (χ1) is 10.5. The van der Waals surface area contributed by atoms with Gasteiger partial charge >= 0.3 is 0 Å². The minimum atomic E-state index is -0.256. The summed E-state index contributed by atoms with van der Waals surface area (Å²) in [5.74, 6) is -0.256. The Labute approximate surface area is 128 Å². The van der Waals surface area contributed by atoms with Crippen LogP contribution in [0.15, 0.2) is 35.5 Å². The molecule has 0 amide bonds. The van der Waals surface area contributed by atoms with Crippen LogP contribution in [-0.4, -0.2) is 11.5 Å². The summed E-state index contributed by atoms with van der Waals surface area (Å²) in [6.07, 6.45) is 0.605. The van der Waals surface area contributed by atoms with E-state index in [1.807, 2.05) is 6.07 Å². The molecule has 0 bridgehead atoms. The molecule has 0 atom stereocenters. The summed E-state index contributed by atoms with van der Waals surface area (Å²) in [7, 11) is 0. The van der Waals surface area contributed by atoms with E-state index in [0.717, 1.165) is 29.1 Å². The smallest absolute Gasteiger partial charge is 0.123 e. The van der Waals surface area contributed by atoms with E-state index < -0.39 is 0 Å². The Morgan fingerprint density at radius 3 is 2.73 bits per heavy atom. The predicted octanol–water partition coefficient (Wildman–Crippen LogP) is 3.78. The fourth-order valence-corrected chi connectivity index (χ4v) is 2.82. The molecule has 0 fully saturated rings. The zero-order valence-corrected chi connectivity index (χ0v) is 12.7. The Morgan fingerprint density at radius 1 is 1.32 bits per heavy atom. The lowest BCUT2D eigenvalue weighted by atomic mass is 9.90. The molecule has 0 saturated heterocycles. The predicted molar refractivity (Wildman–Crippen MR) is 84.5 cm³/mol. The molecule has 0 spiro atoms. The number of rotatable bonds is 4. The zero-order chi connectivity index (χ0) is 15.7. The van der Waals surface area contributed by atoms with Gasteiger partial charge in [0.05, 0.1) is 17.1 Å². The monoisotopic (exact) mass is 299 g/mol. The van der Waals surface area contributed by atoms with Gasteiger partial charge in [-0.05, 0) is 35.7 Å². The third kappa shape index (κ3) is 2.71. The average Bonchev–Trinajstić information content (AvgIpc) is 2.77. The van der Waals surface area contributed by atoms with Crippen molar-refractivity contribution in [1.29, 1.82) is 0 Å². The fourth-order valence-electron chi connectivity index (χ4n) is 2.82. The van der Waals surface area contributed by atoms with E-state index in [9.17, 15) is 9.30 Å². The topological polar surface area (TPSA) is 54.4 Å². The molecule has 1 aliphatic heterocycles. The molecule has 3 rings (SSSR count). The van der Waals surface area contributed by atoms with Crippen molar-refractivity contribution in [3.8, 4) is 0 Å². The Hall–Kier alpha value is -2.30. The summed E-state index contributed by atoms with van der Waals surface area (Å²) < 4.78 is 13.0. The molecule has 114 valence electrons. The van der Waals surface area contributed by atoms with Crippen molar-refractivity contribution in [2.75, 3.05) is 11.9 Å². The molecule has 0 radical (unpaired) electrons. The van der Waals surface area contributed by atoms with Crippen molar-refractivity contribution in [3.63, 3.8) is 0 Å². The van der Waals surface area contributed by atoms with E-state index in [4.69, 9.17) is 0 Å². The normalized spacial score (nSPS) is 15.2. The summed E-state index contributed by atoms with van der Waals surface area (Å²) in [6.45, 7) is 5.12. The van der Waals surface area contributed by atoms with Gasteiger partial charge in [0, 0.05) is 12.0 Å². The molecule has 1 aromatic heterocycles. The number of hydrogen-bond acceptors (Lipinski definition) is 4. The Balaban J connectivity index is 1.99. The lowest BCUT2D eigenvalue weighted by Gasteiger charge is -2.17. The minimum Gasteiger partial charge on any atom is -0.383 e. The first-order valence-electron chi connectivity index (χ1n) is 7.30. The summed E-state index contributed by atoms with van der Waals surface area (Å²) in [6, 6.07) is 8.42. The van der Waals surface area contributed by atoms with Gasteiger partial charge in [0.2, 0.25) is 0 Å². The van der Waals surface area contributed by atoms with Gasteiger partial charge in [-0.2, -0.15) is 4.91 Å². The summed E-state index contributed by atoms with van der Waals surface area (Å²) in [5.41, 5.74) is 4.57. The van der Waals surface area contributed by atoms with E-state index >= 15 is 0 Å². The number of halogens is 1. The lowest BCUT2D eigenvalue weighted by Crippen LogP contribution is -2.20. The molecule has 2 heterocycles. The van der Waals surface area contributed by atoms with Gasteiger partial charge < -0.3 is 5.32 Å². The van der Waals surface area contributed by atoms with Crippen molar-refractivity contribution in [1.82, 2.24) is 4.98 Å². The first kappa shape index (κ1) is 14.6. The summed E-state index contributed by atoms with van der Waals surface area (Å²) in [5, 5.41) is 6.37. The first-order valence-corrected chi connectivity index (χ1v) is 7.30. The van der Waals surface area contributed by atoms with Gasteiger partial charge in [0.1, 0.15) is 12.4 Å². The molecule has 4 nitrogen and oxygen atoms in total. The number of hydrogen-bond donors (Lipinski definition) is 1. The number of nitrogens with zero attached hydrogens (tertiary/aromatic N) is 2. The van der Waals surface area contributed by atoms with E-state index in [0.29, 0.717) is 12.1 Å². The van der Waals surface area contributed by atoms with Crippen molar-refractivity contribution >= 4 is 5.69 Å². The molecule has 1 aliphatic rings. The second-order valence-corrected chi connectivity index (χ2v) is 6.32. The number of nitrogens with one attached hydrogen (secondary N) is 1. The van der Waals surface area contributed by atoms with Gasteiger partial charge in [0.25, 0.3) is 0 Å². The average molecular weight is 299 g/mol. The van der Waals surface area contributed by atoms with Crippen LogP contribution in [0.4, 0.5) is 10.1 Å². The summed E-state index contributed by atoms with van der Waals surface area (Å²) >= 11 is 0. The van der Waals surface area contributed by atoms with Crippen molar-refractivity contribution in [3.05, 3.63) is 63.6 Å². The van der Waals surface area contributed by atoms with Gasteiger partial charge in [-0.1, -0.05) is 31.2 Å². The Kier molecular flexibility index (Phi) is 3.64. The van der Waals surface area contributed by atoms with Crippen LogP contribution in [-0.2, 0) is 18.4 Å². The van der Waals surface area contributed by atoms with Gasteiger partial charge in [-0.25, -0.2) is 4.39 Å². The molecule has 5 heteroatoms. The molecule has 0 unspecified atom stereocenters. The van der Waals surface area contributed by atoms with Crippen LogP contribution in [0.2, 0.25) is 0 Å². The Bertz CT molecular complexity index is 711. The van der Waals surface area contributed by atoms with E-state index in [-0.39, 0.29) is 17.8 Å². The van der Waals surface area contributed by atoms with Gasteiger partial charge in [-0.15, -0.1) is 0 Å². The number of anilines is 1. The SMILES string of the molecule is CC1(C)CNc2cc(Cc3ccc(F)cc3)c(CN=O)nc21. The number of aromatic nitrogens is 1. The van der Waals surface area contributed by atoms with Crippen LogP contribution in [0.25, 0.3) is 0 Å². The standard InChI is InChI=1S/C17H18FN3O/c1-17(2)10-19-14-8-12(15(9-20-22)21-16(14)17)7-11-3-5-13(18)6-4-11/h3-6,8,19H,7,9-10H2,1-2H3. The maximum absolute atomic E-state index is 13.0. The highest BCUT2D eigenvalue weighted by molar-refractivity contribution is 5.59. The maximum atomic E-state index is 13.0. The second kappa shape index (κ2) is 5.48. The second-order valence-electron chi connectivity index (χ2n) is 6.32. The molecule has 0 aliphatic carbocycles. The van der Waals surface area contributed by atoms with Gasteiger partial charge in [0.15, 0.2) is 0 Å². The van der Waals surface area contributed by atoms with Crippen molar-refractivity contribution in [2.24, 2.45) is 5.18 Å². The van der Waals surface area contributed by atoms with Crippen LogP contribution >= 0.6 is 0 Å². The summed E-state index contributed by atoms with van der Waals surface area (Å²) in [4.78, 5) is 15.4. The largest absolute Gasteiger partial charge is 0.383 e. The quantitative estimate of drug-likeness (QED) is 0.874. The van der Waals surface area contributed by atoms with Crippen LogP contribution in [0, 0.1) is 10.7 Å². The van der Waals surface area contributed by atoms with Gasteiger partial charge in [-0.3, -0.25) is 4.98 Å². The van der Waals surface area contributed by atoms with E-state index in [1.54, 1.807) is 12.1 Å². The minimum absolute atomic E-state index is 0.0542. The number of nitroso groups, excluding NO2 is 1. The zero-order valence-electron chi connectivity index (χ0n) is 12.7. The number of pyridine rings is 1. The van der Waals surface area contributed by atoms with Crippen LogP contribution in [0.5, 0.6) is 0 Å². The molecule has 1 aromatic carbocycles. The molecule has 0 saturated carbocycles. The van der Waals surface area contributed by atoms with Crippen LogP contribution in [0.3, 0.4) is 0 Å². The van der Waals surface area contributed by atoms with E-state index in [2.05, 4.69) is 29.3 Å². The van der Waals surface area contributed by atoms with Crippen molar-refractivity contribution in [2.45, 2.75) is 32.2 Å². The Morgan fingerprint density at radius 2 is 2.05 bits per heavy atom.